The summed E-state index contributed by atoms with van der Waals surface area (Å²) >= 11 is 0. The maximum atomic E-state index is 12.2. The zero-order valence-electron chi connectivity index (χ0n) is 11.5. The van der Waals surface area contributed by atoms with Gasteiger partial charge in [0.15, 0.2) is 0 Å². The lowest BCUT2D eigenvalue weighted by atomic mass is 10.1. The van der Waals surface area contributed by atoms with Crippen molar-refractivity contribution in [2.24, 2.45) is 5.73 Å². The van der Waals surface area contributed by atoms with Gasteiger partial charge in [-0.3, -0.25) is 9.59 Å². The third-order valence-electron chi connectivity index (χ3n) is 2.63. The van der Waals surface area contributed by atoms with E-state index in [1.807, 2.05) is 0 Å². The van der Waals surface area contributed by atoms with E-state index in [0.717, 1.165) is 0 Å². The highest BCUT2D eigenvalue weighted by molar-refractivity contribution is 7.89. The van der Waals surface area contributed by atoms with E-state index in [1.54, 1.807) is 0 Å². The van der Waals surface area contributed by atoms with E-state index in [2.05, 4.69) is 4.72 Å². The van der Waals surface area contributed by atoms with Crippen LogP contribution in [0.25, 0.3) is 0 Å². The summed E-state index contributed by atoms with van der Waals surface area (Å²) in [7, 11) is -2.79. The van der Waals surface area contributed by atoms with E-state index in [0.29, 0.717) is 0 Å². The summed E-state index contributed by atoms with van der Waals surface area (Å²) in [4.78, 5) is 21.4. The van der Waals surface area contributed by atoms with Crippen molar-refractivity contribution < 1.29 is 27.9 Å². The number of carbonyl (C=O) groups is 2. The number of nitrogens with two attached hydrogens (primary N) is 1. The average Bonchev–Trinajstić information content (AvgIpc) is 2.37. The Morgan fingerprint density at radius 1 is 1.43 bits per heavy atom. The summed E-state index contributed by atoms with van der Waals surface area (Å²) in [6.07, 6.45) is -0.335. The predicted molar refractivity (Wildman–Crippen MR) is 73.3 cm³/mol. The summed E-state index contributed by atoms with van der Waals surface area (Å²) < 4.78 is 31.5. The first-order chi connectivity index (χ1) is 9.67. The largest absolute Gasteiger partial charge is 0.495 e. The predicted octanol–water partition coefficient (Wildman–Crippen LogP) is -0.526. The minimum absolute atomic E-state index is 0.0355. The van der Waals surface area contributed by atoms with Gasteiger partial charge >= 0.3 is 5.97 Å². The van der Waals surface area contributed by atoms with E-state index in [-0.39, 0.29) is 22.6 Å². The van der Waals surface area contributed by atoms with Gasteiger partial charge in [-0.2, -0.15) is 4.72 Å². The number of carbonyl (C=O) groups excluding carboxylic acids is 1. The van der Waals surface area contributed by atoms with Gasteiger partial charge in [0.25, 0.3) is 0 Å². The van der Waals surface area contributed by atoms with E-state index in [4.69, 9.17) is 15.6 Å². The Morgan fingerprint density at radius 2 is 2.05 bits per heavy atom. The smallest absolute Gasteiger partial charge is 0.307 e. The second-order valence-electron chi connectivity index (χ2n) is 4.30. The fourth-order valence-corrected chi connectivity index (χ4v) is 3.00. The lowest BCUT2D eigenvalue weighted by Crippen LogP contribution is -2.42. The van der Waals surface area contributed by atoms with Crippen LogP contribution in [0.5, 0.6) is 5.75 Å². The van der Waals surface area contributed by atoms with Gasteiger partial charge < -0.3 is 15.6 Å². The molecule has 8 nitrogen and oxygen atoms in total. The van der Waals surface area contributed by atoms with Crippen LogP contribution in [0.1, 0.15) is 12.5 Å². The SMILES string of the molecule is COc1ccc(CC(=O)O)cc1S(=O)(=O)N[C@@H](C)C(N)=O. The van der Waals surface area contributed by atoms with Crippen molar-refractivity contribution in [1.82, 2.24) is 4.72 Å². The molecule has 0 saturated heterocycles. The summed E-state index contributed by atoms with van der Waals surface area (Å²) in [5.74, 6) is -1.89. The molecule has 1 aromatic carbocycles. The van der Waals surface area contributed by atoms with E-state index >= 15 is 0 Å². The third-order valence-corrected chi connectivity index (χ3v) is 4.19. The van der Waals surface area contributed by atoms with Crippen molar-refractivity contribution in [2.75, 3.05) is 7.11 Å². The van der Waals surface area contributed by atoms with E-state index in [1.165, 1.54) is 32.2 Å². The van der Waals surface area contributed by atoms with Crippen molar-refractivity contribution >= 4 is 21.9 Å². The number of hydrogen-bond donors (Lipinski definition) is 3. The Hall–Kier alpha value is -2.13. The highest BCUT2D eigenvalue weighted by Crippen LogP contribution is 2.25. The first-order valence-corrected chi connectivity index (χ1v) is 7.36. The second kappa shape index (κ2) is 6.55. The van der Waals surface area contributed by atoms with Gasteiger partial charge in [-0.1, -0.05) is 6.07 Å². The summed E-state index contributed by atoms with van der Waals surface area (Å²) in [6, 6.07) is 2.87. The number of carboxylic acid groups (broad SMARTS) is 1. The van der Waals surface area contributed by atoms with Crippen LogP contribution in [0.4, 0.5) is 0 Å². The van der Waals surface area contributed by atoms with Crippen molar-refractivity contribution in [2.45, 2.75) is 24.3 Å². The molecule has 0 unspecified atom stereocenters. The quantitative estimate of drug-likeness (QED) is 0.619. The average molecular weight is 316 g/mol. The van der Waals surface area contributed by atoms with Gasteiger partial charge in [0, 0.05) is 0 Å². The number of rotatable bonds is 7. The van der Waals surface area contributed by atoms with E-state index in [9.17, 15) is 18.0 Å². The number of hydrogen-bond acceptors (Lipinski definition) is 5. The number of ether oxygens (including phenoxy) is 1. The number of nitrogens with one attached hydrogen (secondary N) is 1. The second-order valence-corrected chi connectivity index (χ2v) is 5.98. The minimum Gasteiger partial charge on any atom is -0.495 e. The molecule has 1 amide bonds. The highest BCUT2D eigenvalue weighted by atomic mass is 32.2. The first kappa shape index (κ1) is 16.9. The molecule has 0 aliphatic carbocycles. The van der Waals surface area contributed by atoms with Crippen LogP contribution in [-0.2, 0) is 26.0 Å². The van der Waals surface area contributed by atoms with Crippen molar-refractivity contribution in [3.05, 3.63) is 23.8 Å². The van der Waals surface area contributed by atoms with Crippen LogP contribution in [0.2, 0.25) is 0 Å². The number of aliphatic carboxylic acids is 1. The topological polar surface area (TPSA) is 136 Å². The molecule has 0 fully saturated rings. The number of primary amides is 1. The minimum atomic E-state index is -4.07. The van der Waals surface area contributed by atoms with Crippen LogP contribution < -0.4 is 15.2 Å². The van der Waals surface area contributed by atoms with Crippen molar-refractivity contribution in [1.29, 1.82) is 0 Å². The molecule has 1 aromatic rings. The molecule has 9 heteroatoms. The molecule has 21 heavy (non-hydrogen) atoms. The van der Waals surface area contributed by atoms with Crippen LogP contribution in [0.3, 0.4) is 0 Å². The number of sulfonamides is 1. The van der Waals surface area contributed by atoms with Crippen LogP contribution >= 0.6 is 0 Å². The molecule has 116 valence electrons. The molecule has 0 aromatic heterocycles. The Morgan fingerprint density at radius 3 is 2.52 bits per heavy atom. The van der Waals surface area contributed by atoms with Crippen LogP contribution in [-0.4, -0.2) is 38.6 Å². The molecular weight excluding hydrogens is 300 g/mol. The van der Waals surface area contributed by atoms with Crippen LogP contribution in [0, 0.1) is 0 Å². The van der Waals surface area contributed by atoms with Gasteiger partial charge in [-0.25, -0.2) is 8.42 Å². The van der Waals surface area contributed by atoms with E-state index < -0.39 is 27.9 Å². The molecule has 1 atom stereocenters. The van der Waals surface area contributed by atoms with Gasteiger partial charge in [-0.05, 0) is 24.6 Å². The van der Waals surface area contributed by atoms with Gasteiger partial charge in [-0.15, -0.1) is 0 Å². The molecule has 0 saturated carbocycles. The molecule has 0 aliphatic heterocycles. The summed E-state index contributed by atoms with van der Waals surface area (Å²) in [5.41, 5.74) is 5.30. The Bertz CT molecular complexity index is 656. The Kier molecular flexibility index (Phi) is 5.28. The van der Waals surface area contributed by atoms with Gasteiger partial charge in [0.2, 0.25) is 15.9 Å². The van der Waals surface area contributed by atoms with Crippen LogP contribution in [0.15, 0.2) is 23.1 Å². The molecular formula is C12H16N2O6S. The molecule has 0 bridgehead atoms. The molecule has 0 spiro atoms. The lowest BCUT2D eigenvalue weighted by molar-refractivity contribution is -0.136. The Labute approximate surface area is 122 Å². The zero-order valence-corrected chi connectivity index (χ0v) is 12.3. The summed E-state index contributed by atoms with van der Waals surface area (Å²) in [5, 5.41) is 8.75. The standard InChI is InChI=1S/C12H16N2O6S/c1-7(12(13)17)14-21(18,19)10-5-8(6-11(15)16)3-4-9(10)20-2/h3-5,7,14H,6H2,1-2H3,(H2,13,17)(H,15,16)/t7-/m0/s1. The van der Waals surface area contributed by atoms with Gasteiger partial charge in [0.05, 0.1) is 19.6 Å². The molecule has 0 radical (unpaired) electrons. The summed E-state index contributed by atoms with van der Waals surface area (Å²) in [6.45, 7) is 1.30. The maximum Gasteiger partial charge on any atom is 0.307 e. The molecule has 0 heterocycles. The normalized spacial score (nSPS) is 12.7. The monoisotopic (exact) mass is 316 g/mol. The maximum absolute atomic E-state index is 12.2. The van der Waals surface area contributed by atoms with Gasteiger partial charge in [0.1, 0.15) is 10.6 Å². The zero-order chi connectivity index (χ0) is 16.2. The third kappa shape index (κ3) is 4.43. The Balaban J connectivity index is 3.25. The van der Waals surface area contributed by atoms with Crippen molar-refractivity contribution in [3.8, 4) is 5.75 Å². The fourth-order valence-electron chi connectivity index (χ4n) is 1.57. The number of carboxylic acids is 1. The fraction of sp³-hybridized carbons (Fsp3) is 0.333. The molecule has 4 N–H and O–H groups in total. The lowest BCUT2D eigenvalue weighted by Gasteiger charge is -2.14. The number of methoxy groups -OCH3 is 1. The molecule has 1 rings (SSSR count). The highest BCUT2D eigenvalue weighted by Gasteiger charge is 2.24. The number of amides is 1. The van der Waals surface area contributed by atoms with Crippen molar-refractivity contribution in [3.63, 3.8) is 0 Å². The first-order valence-electron chi connectivity index (χ1n) is 5.87. The number of benzene rings is 1. The molecule has 0 aliphatic rings.